The van der Waals surface area contributed by atoms with Gasteiger partial charge in [-0.1, -0.05) is 13.0 Å². The lowest BCUT2D eigenvalue weighted by atomic mass is 10.1. The minimum Gasteiger partial charge on any atom is -0.312 e. The standard InChI is InChI=1S/C17H27N3/c1-2-20(13-16-5-3-4-10-18-16)12-11-19-17(14-6-7-14)15-8-9-15/h3-5,10,14-15,17,19H,2,6-9,11-13H2,1H3. The number of hydrogen-bond donors (Lipinski definition) is 1. The molecule has 1 aromatic rings. The van der Waals surface area contributed by atoms with Gasteiger partial charge in [0.15, 0.2) is 0 Å². The van der Waals surface area contributed by atoms with Crippen LogP contribution < -0.4 is 5.32 Å². The summed E-state index contributed by atoms with van der Waals surface area (Å²) in [7, 11) is 0. The Morgan fingerprint density at radius 1 is 1.25 bits per heavy atom. The summed E-state index contributed by atoms with van der Waals surface area (Å²) >= 11 is 0. The summed E-state index contributed by atoms with van der Waals surface area (Å²) in [6.07, 6.45) is 7.72. The maximum atomic E-state index is 4.42. The van der Waals surface area contributed by atoms with E-state index in [-0.39, 0.29) is 0 Å². The van der Waals surface area contributed by atoms with E-state index in [0.29, 0.717) is 0 Å². The van der Waals surface area contributed by atoms with E-state index < -0.39 is 0 Å². The van der Waals surface area contributed by atoms with Crippen molar-refractivity contribution in [1.82, 2.24) is 15.2 Å². The molecule has 1 N–H and O–H groups in total. The summed E-state index contributed by atoms with van der Waals surface area (Å²) in [6.45, 7) is 6.55. The van der Waals surface area contributed by atoms with Gasteiger partial charge in [0, 0.05) is 31.9 Å². The fraction of sp³-hybridized carbons (Fsp3) is 0.706. The van der Waals surface area contributed by atoms with Crippen LogP contribution in [0.15, 0.2) is 24.4 Å². The monoisotopic (exact) mass is 273 g/mol. The van der Waals surface area contributed by atoms with Crippen LogP contribution in [0.25, 0.3) is 0 Å². The highest BCUT2D eigenvalue weighted by molar-refractivity contribution is 5.03. The molecule has 2 saturated carbocycles. The smallest absolute Gasteiger partial charge is 0.0543 e. The number of rotatable bonds is 9. The largest absolute Gasteiger partial charge is 0.312 e. The minimum absolute atomic E-state index is 0.823. The van der Waals surface area contributed by atoms with E-state index in [9.17, 15) is 0 Å². The van der Waals surface area contributed by atoms with Gasteiger partial charge in [0.25, 0.3) is 0 Å². The Morgan fingerprint density at radius 3 is 2.55 bits per heavy atom. The van der Waals surface area contributed by atoms with E-state index >= 15 is 0 Å². The molecule has 2 aliphatic rings. The van der Waals surface area contributed by atoms with Crippen molar-refractivity contribution in [3.63, 3.8) is 0 Å². The van der Waals surface area contributed by atoms with Crippen LogP contribution in [0, 0.1) is 11.8 Å². The van der Waals surface area contributed by atoms with E-state index in [1.54, 1.807) is 0 Å². The van der Waals surface area contributed by atoms with Crippen LogP contribution in [0.1, 0.15) is 38.3 Å². The maximum absolute atomic E-state index is 4.42. The first-order valence-electron chi connectivity index (χ1n) is 8.22. The second kappa shape index (κ2) is 6.68. The first-order valence-corrected chi connectivity index (χ1v) is 8.22. The summed E-state index contributed by atoms with van der Waals surface area (Å²) < 4.78 is 0. The molecule has 3 heteroatoms. The third-order valence-electron chi connectivity index (χ3n) is 4.63. The van der Waals surface area contributed by atoms with Gasteiger partial charge in [-0.05, 0) is 56.2 Å². The number of likely N-dealkylation sites (N-methyl/N-ethyl adjacent to an activating group) is 1. The molecular formula is C17H27N3. The van der Waals surface area contributed by atoms with E-state index in [1.165, 1.54) is 31.4 Å². The van der Waals surface area contributed by atoms with E-state index in [1.807, 2.05) is 12.3 Å². The fourth-order valence-corrected chi connectivity index (χ4v) is 3.09. The van der Waals surface area contributed by atoms with Crippen molar-refractivity contribution >= 4 is 0 Å². The van der Waals surface area contributed by atoms with Crippen molar-refractivity contribution in [3.05, 3.63) is 30.1 Å². The van der Waals surface area contributed by atoms with Crippen LogP contribution in [0.3, 0.4) is 0 Å². The van der Waals surface area contributed by atoms with Gasteiger partial charge in [0.2, 0.25) is 0 Å². The molecule has 0 radical (unpaired) electrons. The topological polar surface area (TPSA) is 28.2 Å². The van der Waals surface area contributed by atoms with E-state index in [0.717, 1.165) is 44.1 Å². The predicted molar refractivity (Wildman–Crippen MR) is 82.4 cm³/mol. The zero-order valence-electron chi connectivity index (χ0n) is 12.6. The zero-order chi connectivity index (χ0) is 13.8. The molecule has 1 heterocycles. The van der Waals surface area contributed by atoms with Crippen molar-refractivity contribution < 1.29 is 0 Å². The normalized spacial score (nSPS) is 18.9. The molecule has 0 aliphatic heterocycles. The second-order valence-corrected chi connectivity index (χ2v) is 6.34. The van der Waals surface area contributed by atoms with Gasteiger partial charge in [-0.2, -0.15) is 0 Å². The Balaban J connectivity index is 1.41. The molecule has 20 heavy (non-hydrogen) atoms. The van der Waals surface area contributed by atoms with Crippen molar-refractivity contribution in [1.29, 1.82) is 0 Å². The molecule has 0 unspecified atom stereocenters. The second-order valence-electron chi connectivity index (χ2n) is 6.34. The van der Waals surface area contributed by atoms with Crippen LogP contribution in [0.4, 0.5) is 0 Å². The van der Waals surface area contributed by atoms with Crippen molar-refractivity contribution in [3.8, 4) is 0 Å². The zero-order valence-corrected chi connectivity index (χ0v) is 12.6. The van der Waals surface area contributed by atoms with Crippen LogP contribution in [0.5, 0.6) is 0 Å². The molecule has 0 saturated heterocycles. The number of hydrogen-bond acceptors (Lipinski definition) is 3. The number of pyridine rings is 1. The van der Waals surface area contributed by atoms with Gasteiger partial charge < -0.3 is 5.32 Å². The van der Waals surface area contributed by atoms with Gasteiger partial charge >= 0.3 is 0 Å². The van der Waals surface area contributed by atoms with Crippen LogP contribution in [-0.4, -0.2) is 35.6 Å². The van der Waals surface area contributed by atoms with E-state index in [2.05, 4.69) is 34.3 Å². The van der Waals surface area contributed by atoms with Crippen LogP contribution in [-0.2, 0) is 6.54 Å². The molecule has 1 aromatic heterocycles. The van der Waals surface area contributed by atoms with Gasteiger partial charge in [-0.15, -0.1) is 0 Å². The molecule has 2 fully saturated rings. The fourth-order valence-electron chi connectivity index (χ4n) is 3.09. The predicted octanol–water partition coefficient (Wildman–Crippen LogP) is 2.68. The molecule has 0 spiro atoms. The summed E-state index contributed by atoms with van der Waals surface area (Å²) in [5.41, 5.74) is 1.18. The SMILES string of the molecule is CCN(CCNC(C1CC1)C1CC1)Cc1ccccn1. The lowest BCUT2D eigenvalue weighted by Crippen LogP contribution is -2.39. The molecule has 0 amide bonds. The lowest BCUT2D eigenvalue weighted by molar-refractivity contribution is 0.265. The molecule has 3 rings (SSSR count). The minimum atomic E-state index is 0.823. The summed E-state index contributed by atoms with van der Waals surface area (Å²) in [5.74, 6) is 1.99. The molecule has 110 valence electrons. The molecule has 3 nitrogen and oxygen atoms in total. The molecule has 0 atom stereocenters. The lowest BCUT2D eigenvalue weighted by Gasteiger charge is -2.23. The van der Waals surface area contributed by atoms with Crippen LogP contribution in [0.2, 0.25) is 0 Å². The molecular weight excluding hydrogens is 246 g/mol. The highest BCUT2D eigenvalue weighted by atomic mass is 15.1. The Morgan fingerprint density at radius 2 is 2.00 bits per heavy atom. The van der Waals surface area contributed by atoms with Gasteiger partial charge in [0.05, 0.1) is 5.69 Å². The van der Waals surface area contributed by atoms with Gasteiger partial charge in [-0.25, -0.2) is 0 Å². The maximum Gasteiger partial charge on any atom is 0.0543 e. The summed E-state index contributed by atoms with van der Waals surface area (Å²) in [5, 5.41) is 3.83. The van der Waals surface area contributed by atoms with Crippen LogP contribution >= 0.6 is 0 Å². The highest BCUT2D eigenvalue weighted by Gasteiger charge is 2.40. The first kappa shape index (κ1) is 14.0. The third-order valence-corrected chi connectivity index (χ3v) is 4.63. The Bertz CT molecular complexity index is 386. The van der Waals surface area contributed by atoms with Crippen molar-refractivity contribution in [2.75, 3.05) is 19.6 Å². The average Bonchev–Trinajstić information content (AvgIpc) is 3.37. The Hall–Kier alpha value is -0.930. The molecule has 0 bridgehead atoms. The summed E-state index contributed by atoms with van der Waals surface area (Å²) in [4.78, 5) is 6.90. The number of nitrogens with one attached hydrogen (secondary N) is 1. The Kier molecular flexibility index (Phi) is 4.69. The average molecular weight is 273 g/mol. The van der Waals surface area contributed by atoms with Gasteiger partial charge in [-0.3, -0.25) is 9.88 Å². The van der Waals surface area contributed by atoms with Crippen molar-refractivity contribution in [2.45, 2.75) is 45.2 Å². The first-order chi connectivity index (χ1) is 9.86. The van der Waals surface area contributed by atoms with Crippen molar-refractivity contribution in [2.24, 2.45) is 11.8 Å². The quantitative estimate of drug-likeness (QED) is 0.750. The highest BCUT2D eigenvalue weighted by Crippen LogP contribution is 2.44. The number of nitrogens with zero attached hydrogens (tertiary/aromatic N) is 2. The van der Waals surface area contributed by atoms with E-state index in [4.69, 9.17) is 0 Å². The number of aromatic nitrogens is 1. The van der Waals surface area contributed by atoms with Gasteiger partial charge in [0.1, 0.15) is 0 Å². The summed E-state index contributed by atoms with van der Waals surface area (Å²) in [6, 6.07) is 7.00. The Labute approximate surface area is 122 Å². The molecule has 0 aromatic carbocycles. The molecule has 2 aliphatic carbocycles. The third kappa shape index (κ3) is 4.03.